The molecule has 0 saturated carbocycles. The van der Waals surface area contributed by atoms with E-state index in [1.807, 2.05) is 0 Å². The van der Waals surface area contributed by atoms with E-state index in [1.54, 1.807) is 6.07 Å². The predicted octanol–water partition coefficient (Wildman–Crippen LogP) is 1.07. The van der Waals surface area contributed by atoms with Gasteiger partial charge in [0, 0.05) is 5.69 Å². The first-order valence-electron chi connectivity index (χ1n) is 4.88. The molecule has 1 aromatic carbocycles. The van der Waals surface area contributed by atoms with E-state index in [0.717, 1.165) is 0 Å². The summed E-state index contributed by atoms with van der Waals surface area (Å²) in [6, 6.07) is 4.35. The van der Waals surface area contributed by atoms with Crippen LogP contribution >= 0.6 is 0 Å². The number of methoxy groups -OCH3 is 1. The number of hydrogen-bond acceptors (Lipinski definition) is 6. The molecule has 0 aliphatic rings. The number of rotatable bonds is 4. The maximum absolute atomic E-state index is 12.1. The van der Waals surface area contributed by atoms with Crippen LogP contribution in [0.1, 0.15) is 0 Å². The number of aromatic nitrogens is 1. The maximum atomic E-state index is 12.1. The largest absolute Gasteiger partial charge is 0.495 e. The molecule has 0 spiro atoms. The Hall–Kier alpha value is -2.22. The van der Waals surface area contributed by atoms with Crippen molar-refractivity contribution in [3.8, 4) is 5.75 Å². The molecule has 0 saturated heterocycles. The van der Waals surface area contributed by atoms with Crippen LogP contribution < -0.4 is 15.2 Å². The standard InChI is InChI=1S/C10H11N3O4S/c1-16-9-3-2-7(11)4-10(9)18(14,15)13-8-5-12-17-6-8/h2-6,13H,11H2,1H3. The van der Waals surface area contributed by atoms with Crippen LogP contribution in [0.25, 0.3) is 0 Å². The fourth-order valence-electron chi connectivity index (χ4n) is 1.37. The molecular weight excluding hydrogens is 258 g/mol. The summed E-state index contributed by atoms with van der Waals surface area (Å²) in [6.45, 7) is 0. The Bertz CT molecular complexity index is 637. The molecule has 1 aromatic heterocycles. The molecule has 0 aliphatic carbocycles. The lowest BCUT2D eigenvalue weighted by molar-refractivity contribution is 0.403. The third-order valence-electron chi connectivity index (χ3n) is 2.16. The monoisotopic (exact) mass is 269 g/mol. The molecule has 0 bridgehead atoms. The number of hydrogen-bond donors (Lipinski definition) is 2. The first-order chi connectivity index (χ1) is 8.53. The molecule has 8 heteroatoms. The van der Waals surface area contributed by atoms with Crippen LogP contribution in [-0.4, -0.2) is 20.7 Å². The highest BCUT2D eigenvalue weighted by atomic mass is 32.2. The van der Waals surface area contributed by atoms with Gasteiger partial charge in [0.25, 0.3) is 10.0 Å². The van der Waals surface area contributed by atoms with E-state index in [0.29, 0.717) is 5.69 Å². The maximum Gasteiger partial charge on any atom is 0.265 e. The van der Waals surface area contributed by atoms with Gasteiger partial charge in [0.05, 0.1) is 13.3 Å². The van der Waals surface area contributed by atoms with Crippen molar-refractivity contribution < 1.29 is 17.7 Å². The Morgan fingerprint density at radius 1 is 1.44 bits per heavy atom. The normalized spacial score (nSPS) is 11.2. The summed E-state index contributed by atoms with van der Waals surface area (Å²) in [5.74, 6) is 0.202. The fourth-order valence-corrected chi connectivity index (χ4v) is 2.60. The number of ether oxygens (including phenoxy) is 1. The van der Waals surface area contributed by atoms with E-state index in [1.165, 1.54) is 31.7 Å². The highest BCUT2D eigenvalue weighted by Crippen LogP contribution is 2.27. The van der Waals surface area contributed by atoms with Crippen molar-refractivity contribution in [3.63, 3.8) is 0 Å². The average Bonchev–Trinajstić information content (AvgIpc) is 2.81. The number of nitrogen functional groups attached to an aromatic ring is 1. The highest BCUT2D eigenvalue weighted by Gasteiger charge is 2.20. The Balaban J connectivity index is 2.43. The minimum atomic E-state index is -3.80. The van der Waals surface area contributed by atoms with E-state index in [2.05, 4.69) is 14.4 Å². The molecule has 1 heterocycles. The molecule has 0 fully saturated rings. The third kappa shape index (κ3) is 2.38. The summed E-state index contributed by atoms with van der Waals surface area (Å²) < 4.78 is 36.1. The molecule has 2 rings (SSSR count). The van der Waals surface area contributed by atoms with Gasteiger partial charge in [-0.1, -0.05) is 5.16 Å². The second kappa shape index (κ2) is 4.57. The second-order valence-electron chi connectivity index (χ2n) is 3.43. The van der Waals surface area contributed by atoms with Crippen LogP contribution in [0.2, 0.25) is 0 Å². The summed E-state index contributed by atoms with van der Waals surface area (Å²) in [4.78, 5) is -0.0498. The van der Waals surface area contributed by atoms with Crippen molar-refractivity contribution >= 4 is 21.4 Å². The first kappa shape index (κ1) is 12.2. The zero-order chi connectivity index (χ0) is 13.2. The molecule has 0 unspecified atom stereocenters. The Morgan fingerprint density at radius 2 is 2.22 bits per heavy atom. The zero-order valence-corrected chi connectivity index (χ0v) is 10.3. The minimum absolute atomic E-state index is 0.0498. The van der Waals surface area contributed by atoms with Gasteiger partial charge in [0.15, 0.2) is 0 Å². The van der Waals surface area contributed by atoms with Crippen LogP contribution in [0.5, 0.6) is 5.75 Å². The fraction of sp³-hybridized carbons (Fsp3) is 0.100. The second-order valence-corrected chi connectivity index (χ2v) is 5.08. The number of benzene rings is 1. The summed E-state index contributed by atoms with van der Waals surface area (Å²) in [6.07, 6.45) is 2.42. The van der Waals surface area contributed by atoms with Gasteiger partial charge in [-0.25, -0.2) is 8.42 Å². The van der Waals surface area contributed by atoms with E-state index < -0.39 is 10.0 Å². The summed E-state index contributed by atoms with van der Waals surface area (Å²) >= 11 is 0. The van der Waals surface area contributed by atoms with Gasteiger partial charge in [0.1, 0.15) is 22.6 Å². The van der Waals surface area contributed by atoms with Crippen LogP contribution in [0.15, 0.2) is 40.1 Å². The molecule has 96 valence electrons. The molecule has 0 amide bonds. The number of nitrogens with one attached hydrogen (secondary N) is 1. The Labute approximate surface area is 104 Å². The van der Waals surface area contributed by atoms with Gasteiger partial charge in [0.2, 0.25) is 0 Å². The summed E-state index contributed by atoms with van der Waals surface area (Å²) in [5, 5.41) is 3.40. The molecule has 3 N–H and O–H groups in total. The smallest absolute Gasteiger partial charge is 0.265 e. The Kier molecular flexibility index (Phi) is 3.11. The van der Waals surface area contributed by atoms with Gasteiger partial charge in [-0.2, -0.15) is 0 Å². The molecule has 0 radical (unpaired) electrons. The third-order valence-corrected chi connectivity index (χ3v) is 3.56. The number of nitrogens with zero attached hydrogens (tertiary/aromatic N) is 1. The average molecular weight is 269 g/mol. The molecule has 7 nitrogen and oxygen atoms in total. The highest BCUT2D eigenvalue weighted by molar-refractivity contribution is 7.92. The van der Waals surface area contributed by atoms with Crippen molar-refractivity contribution in [1.82, 2.24) is 5.16 Å². The van der Waals surface area contributed by atoms with Crippen molar-refractivity contribution in [3.05, 3.63) is 30.7 Å². The van der Waals surface area contributed by atoms with Gasteiger partial charge >= 0.3 is 0 Å². The molecule has 2 aromatic rings. The van der Waals surface area contributed by atoms with E-state index in [-0.39, 0.29) is 16.3 Å². The van der Waals surface area contributed by atoms with E-state index in [4.69, 9.17) is 10.5 Å². The van der Waals surface area contributed by atoms with Gasteiger partial charge in [-0.3, -0.25) is 4.72 Å². The van der Waals surface area contributed by atoms with Crippen LogP contribution in [-0.2, 0) is 10.0 Å². The molecular formula is C10H11N3O4S. The summed E-state index contributed by atoms with van der Waals surface area (Å²) in [7, 11) is -2.42. The van der Waals surface area contributed by atoms with E-state index in [9.17, 15) is 8.42 Å². The minimum Gasteiger partial charge on any atom is -0.495 e. The SMILES string of the molecule is COc1ccc(N)cc1S(=O)(=O)Nc1cnoc1. The Morgan fingerprint density at radius 3 is 2.83 bits per heavy atom. The van der Waals surface area contributed by atoms with Crippen molar-refractivity contribution in [1.29, 1.82) is 0 Å². The number of sulfonamides is 1. The topological polar surface area (TPSA) is 107 Å². The van der Waals surface area contributed by atoms with Gasteiger partial charge < -0.3 is 15.0 Å². The van der Waals surface area contributed by atoms with Gasteiger partial charge in [-0.05, 0) is 18.2 Å². The van der Waals surface area contributed by atoms with Crippen LogP contribution in [0, 0.1) is 0 Å². The summed E-state index contributed by atoms with van der Waals surface area (Å²) in [5.41, 5.74) is 6.12. The molecule has 0 atom stereocenters. The van der Waals surface area contributed by atoms with Crippen molar-refractivity contribution in [2.24, 2.45) is 0 Å². The zero-order valence-electron chi connectivity index (χ0n) is 9.45. The lowest BCUT2D eigenvalue weighted by Gasteiger charge is -2.10. The van der Waals surface area contributed by atoms with Gasteiger partial charge in [-0.15, -0.1) is 0 Å². The molecule has 0 aliphatic heterocycles. The lowest BCUT2D eigenvalue weighted by atomic mass is 10.3. The number of nitrogens with two attached hydrogens (primary N) is 1. The van der Waals surface area contributed by atoms with E-state index >= 15 is 0 Å². The quantitative estimate of drug-likeness (QED) is 0.804. The van der Waals surface area contributed by atoms with Crippen LogP contribution in [0.3, 0.4) is 0 Å². The van der Waals surface area contributed by atoms with Crippen molar-refractivity contribution in [2.45, 2.75) is 4.90 Å². The first-order valence-corrected chi connectivity index (χ1v) is 6.37. The lowest BCUT2D eigenvalue weighted by Crippen LogP contribution is -2.14. The number of anilines is 2. The van der Waals surface area contributed by atoms with Crippen molar-refractivity contribution in [2.75, 3.05) is 17.6 Å². The molecule has 18 heavy (non-hydrogen) atoms. The van der Waals surface area contributed by atoms with Crippen LogP contribution in [0.4, 0.5) is 11.4 Å². The predicted molar refractivity (Wildman–Crippen MR) is 64.7 cm³/mol.